The Labute approximate surface area is 106 Å². The van der Waals surface area contributed by atoms with Crippen LogP contribution in [0.15, 0.2) is 11.6 Å². The molecule has 17 heavy (non-hydrogen) atoms. The Hall–Kier alpha value is -0.300. The lowest BCUT2D eigenvalue weighted by Gasteiger charge is -2.39. The number of rotatable bonds is 1. The molecular formula is C16H28O. The van der Waals surface area contributed by atoms with Gasteiger partial charge in [-0.3, -0.25) is 0 Å². The van der Waals surface area contributed by atoms with Crippen LogP contribution in [0.4, 0.5) is 0 Å². The molecule has 3 atom stereocenters. The van der Waals surface area contributed by atoms with E-state index in [0.717, 1.165) is 24.2 Å². The summed E-state index contributed by atoms with van der Waals surface area (Å²) in [5.41, 5.74) is 1.83. The van der Waals surface area contributed by atoms with Gasteiger partial charge in [-0.2, -0.15) is 0 Å². The van der Waals surface area contributed by atoms with E-state index in [-0.39, 0.29) is 11.5 Å². The molecule has 0 aromatic carbocycles. The summed E-state index contributed by atoms with van der Waals surface area (Å²) in [6.45, 7) is 9.35. The van der Waals surface area contributed by atoms with Crippen molar-refractivity contribution in [3.63, 3.8) is 0 Å². The Balaban J connectivity index is 2.11. The zero-order valence-electron chi connectivity index (χ0n) is 11.9. The molecule has 2 rings (SSSR count). The maximum atomic E-state index is 10.0. The van der Waals surface area contributed by atoms with E-state index < -0.39 is 0 Å². The average molecular weight is 236 g/mol. The van der Waals surface area contributed by atoms with Gasteiger partial charge in [0, 0.05) is 0 Å². The summed E-state index contributed by atoms with van der Waals surface area (Å²) in [5, 5.41) is 10.0. The molecule has 0 radical (unpaired) electrons. The maximum Gasteiger partial charge on any atom is 0.0728 e. The van der Waals surface area contributed by atoms with E-state index >= 15 is 0 Å². The predicted octanol–water partition coefficient (Wildman–Crippen LogP) is 4.17. The molecule has 1 heteroatoms. The third kappa shape index (κ3) is 3.34. The fourth-order valence-electron chi connectivity index (χ4n) is 4.09. The van der Waals surface area contributed by atoms with Crippen LogP contribution < -0.4 is 0 Å². The van der Waals surface area contributed by atoms with Gasteiger partial charge in [-0.15, -0.1) is 0 Å². The molecule has 0 aliphatic heterocycles. The lowest BCUT2D eigenvalue weighted by atomic mass is 9.67. The molecule has 1 fully saturated rings. The Kier molecular flexibility index (Phi) is 3.68. The normalized spacial score (nSPS) is 42.1. The second kappa shape index (κ2) is 4.76. The van der Waals surface area contributed by atoms with Crippen molar-refractivity contribution in [2.75, 3.05) is 0 Å². The van der Waals surface area contributed by atoms with Gasteiger partial charge in [-0.1, -0.05) is 39.3 Å². The predicted molar refractivity (Wildman–Crippen MR) is 72.8 cm³/mol. The van der Waals surface area contributed by atoms with Gasteiger partial charge in [0.1, 0.15) is 0 Å². The second-order valence-corrected chi connectivity index (χ2v) is 7.47. The first kappa shape index (κ1) is 13.1. The van der Waals surface area contributed by atoms with Gasteiger partial charge < -0.3 is 5.11 Å². The highest BCUT2D eigenvalue weighted by Gasteiger charge is 2.33. The summed E-state index contributed by atoms with van der Waals surface area (Å²) in [4.78, 5) is 0. The summed E-state index contributed by atoms with van der Waals surface area (Å²) in [6.07, 6.45) is 8.12. The fraction of sp³-hybridized carbons (Fsp3) is 0.875. The molecule has 0 bridgehead atoms. The Morgan fingerprint density at radius 2 is 1.71 bits per heavy atom. The molecule has 0 amide bonds. The van der Waals surface area contributed by atoms with Crippen LogP contribution in [-0.2, 0) is 0 Å². The van der Waals surface area contributed by atoms with E-state index in [1.165, 1.54) is 25.7 Å². The molecule has 2 aliphatic carbocycles. The van der Waals surface area contributed by atoms with Crippen molar-refractivity contribution in [2.24, 2.45) is 23.2 Å². The minimum Gasteiger partial charge on any atom is -0.389 e. The van der Waals surface area contributed by atoms with Gasteiger partial charge in [-0.25, -0.2) is 0 Å². The topological polar surface area (TPSA) is 20.2 Å². The molecule has 2 aliphatic rings. The van der Waals surface area contributed by atoms with Crippen LogP contribution in [0.25, 0.3) is 0 Å². The largest absolute Gasteiger partial charge is 0.389 e. The van der Waals surface area contributed by atoms with Crippen LogP contribution in [0.2, 0.25) is 0 Å². The summed E-state index contributed by atoms with van der Waals surface area (Å²) in [5.74, 6) is 2.45. The van der Waals surface area contributed by atoms with E-state index in [1.54, 1.807) is 5.57 Å². The van der Waals surface area contributed by atoms with Crippen LogP contribution in [-0.4, -0.2) is 11.2 Å². The highest BCUT2D eigenvalue weighted by molar-refractivity contribution is 5.17. The number of aliphatic hydroxyl groups excluding tert-OH is 1. The third-order valence-electron chi connectivity index (χ3n) is 4.55. The van der Waals surface area contributed by atoms with Gasteiger partial charge in [-0.05, 0) is 55.3 Å². The molecule has 0 saturated heterocycles. The van der Waals surface area contributed by atoms with Crippen LogP contribution in [0.3, 0.4) is 0 Å². The van der Waals surface area contributed by atoms with Gasteiger partial charge >= 0.3 is 0 Å². The van der Waals surface area contributed by atoms with E-state index in [2.05, 4.69) is 33.8 Å². The lowest BCUT2D eigenvalue weighted by molar-refractivity contribution is 0.128. The minimum absolute atomic E-state index is 0.207. The molecule has 0 spiro atoms. The first-order valence-electron chi connectivity index (χ1n) is 7.24. The van der Waals surface area contributed by atoms with Gasteiger partial charge in [0.15, 0.2) is 0 Å². The summed E-state index contributed by atoms with van der Waals surface area (Å²) < 4.78 is 0. The van der Waals surface area contributed by atoms with E-state index in [4.69, 9.17) is 0 Å². The first-order valence-corrected chi connectivity index (χ1v) is 7.24. The molecule has 1 N–H and O–H groups in total. The van der Waals surface area contributed by atoms with E-state index in [1.807, 2.05) is 0 Å². The van der Waals surface area contributed by atoms with Crippen LogP contribution in [0, 0.1) is 23.2 Å². The zero-order chi connectivity index (χ0) is 12.6. The summed E-state index contributed by atoms with van der Waals surface area (Å²) in [7, 11) is 0. The van der Waals surface area contributed by atoms with Crippen LogP contribution >= 0.6 is 0 Å². The molecular weight excluding hydrogens is 208 g/mol. The Bertz CT molecular complexity index is 293. The Morgan fingerprint density at radius 3 is 2.24 bits per heavy atom. The van der Waals surface area contributed by atoms with Crippen molar-refractivity contribution in [3.8, 4) is 0 Å². The SMILES string of the molecule is CC1CC(C)CC(C2=CC(O)CC(C)(C)C2)C1. The monoisotopic (exact) mass is 236 g/mol. The second-order valence-electron chi connectivity index (χ2n) is 7.47. The van der Waals surface area contributed by atoms with E-state index in [0.29, 0.717) is 0 Å². The van der Waals surface area contributed by atoms with Crippen molar-refractivity contribution in [1.82, 2.24) is 0 Å². The highest BCUT2D eigenvalue weighted by atomic mass is 16.3. The van der Waals surface area contributed by atoms with Crippen molar-refractivity contribution in [1.29, 1.82) is 0 Å². The van der Waals surface area contributed by atoms with Gasteiger partial charge in [0.2, 0.25) is 0 Å². The molecule has 0 heterocycles. The zero-order valence-corrected chi connectivity index (χ0v) is 11.9. The van der Waals surface area contributed by atoms with Gasteiger partial charge in [0.25, 0.3) is 0 Å². The summed E-state index contributed by atoms with van der Waals surface area (Å²) in [6, 6.07) is 0. The number of aliphatic hydroxyl groups is 1. The molecule has 0 aromatic rings. The molecule has 0 aromatic heterocycles. The van der Waals surface area contributed by atoms with Crippen molar-refractivity contribution < 1.29 is 5.11 Å². The first-order chi connectivity index (χ1) is 7.85. The van der Waals surface area contributed by atoms with Crippen molar-refractivity contribution >= 4 is 0 Å². The smallest absolute Gasteiger partial charge is 0.0728 e. The fourth-order valence-corrected chi connectivity index (χ4v) is 4.09. The number of hydrogen-bond donors (Lipinski definition) is 1. The quantitative estimate of drug-likeness (QED) is 0.678. The van der Waals surface area contributed by atoms with Crippen LogP contribution in [0.1, 0.15) is 59.8 Å². The Morgan fingerprint density at radius 1 is 1.12 bits per heavy atom. The molecule has 1 saturated carbocycles. The van der Waals surface area contributed by atoms with Gasteiger partial charge in [0.05, 0.1) is 6.10 Å². The number of hydrogen-bond acceptors (Lipinski definition) is 1. The molecule has 3 unspecified atom stereocenters. The van der Waals surface area contributed by atoms with Crippen molar-refractivity contribution in [3.05, 3.63) is 11.6 Å². The molecule has 1 nitrogen and oxygen atoms in total. The summed E-state index contributed by atoms with van der Waals surface area (Å²) >= 11 is 0. The average Bonchev–Trinajstić information content (AvgIpc) is 2.12. The standard InChI is InChI=1S/C16H28O/c1-11-5-12(2)7-13(6-11)14-8-15(17)10-16(3,4)9-14/h8,11-13,15,17H,5-7,9-10H2,1-4H3. The third-order valence-corrected chi connectivity index (χ3v) is 4.55. The number of allylic oxidation sites excluding steroid dienone is 1. The van der Waals surface area contributed by atoms with Crippen molar-refractivity contribution in [2.45, 2.75) is 65.9 Å². The molecule has 98 valence electrons. The minimum atomic E-state index is -0.207. The van der Waals surface area contributed by atoms with Crippen LogP contribution in [0.5, 0.6) is 0 Å². The highest BCUT2D eigenvalue weighted by Crippen LogP contribution is 2.44. The maximum absolute atomic E-state index is 10.0. The lowest BCUT2D eigenvalue weighted by Crippen LogP contribution is -2.30. The van der Waals surface area contributed by atoms with E-state index in [9.17, 15) is 5.11 Å².